The summed E-state index contributed by atoms with van der Waals surface area (Å²) in [6, 6.07) is 7.98. The number of nitrogens with zero attached hydrogens (tertiary/aromatic N) is 3. The average molecular weight is 371 g/mol. The van der Waals surface area contributed by atoms with Crippen molar-refractivity contribution >= 4 is 18.0 Å². The molecule has 0 amide bonds. The van der Waals surface area contributed by atoms with E-state index in [1.807, 2.05) is 24.3 Å². The van der Waals surface area contributed by atoms with Gasteiger partial charge in [0.1, 0.15) is 5.03 Å². The van der Waals surface area contributed by atoms with Gasteiger partial charge in [0.05, 0.1) is 11.8 Å². The number of rotatable bonds is 4. The SMILES string of the molecule is Cn1nc(C(F)(F)F)c(/C=N/O)c1SCc1ccc(C(C)(C)C)cc1. The van der Waals surface area contributed by atoms with Crippen molar-refractivity contribution in [3.05, 3.63) is 46.6 Å². The summed E-state index contributed by atoms with van der Waals surface area (Å²) in [5, 5.41) is 15.3. The molecule has 1 heterocycles. The summed E-state index contributed by atoms with van der Waals surface area (Å²) in [5.74, 6) is 0.480. The molecule has 0 aliphatic heterocycles. The number of benzene rings is 1. The third-order valence-corrected chi connectivity index (χ3v) is 4.92. The maximum Gasteiger partial charge on any atom is 0.435 e. The molecule has 2 aromatic rings. The van der Waals surface area contributed by atoms with Gasteiger partial charge in [-0.2, -0.15) is 18.3 Å². The number of oxime groups is 1. The molecule has 2 rings (SSSR count). The summed E-state index contributed by atoms with van der Waals surface area (Å²) in [5.41, 5.74) is 0.932. The number of hydrogen-bond donors (Lipinski definition) is 1. The number of aromatic nitrogens is 2. The lowest BCUT2D eigenvalue weighted by Crippen LogP contribution is -2.10. The van der Waals surface area contributed by atoms with Crippen LogP contribution in [-0.4, -0.2) is 21.2 Å². The van der Waals surface area contributed by atoms with Crippen molar-refractivity contribution in [1.29, 1.82) is 0 Å². The molecule has 0 saturated carbocycles. The second kappa shape index (κ2) is 7.11. The zero-order valence-electron chi connectivity index (χ0n) is 14.4. The smallest absolute Gasteiger partial charge is 0.411 e. The summed E-state index contributed by atoms with van der Waals surface area (Å²) in [6.45, 7) is 6.35. The molecule has 0 aliphatic carbocycles. The number of aryl methyl sites for hydroxylation is 1. The van der Waals surface area contributed by atoms with E-state index in [0.29, 0.717) is 10.8 Å². The first-order chi connectivity index (χ1) is 11.5. The van der Waals surface area contributed by atoms with Crippen LogP contribution >= 0.6 is 11.8 Å². The number of thioether (sulfide) groups is 1. The van der Waals surface area contributed by atoms with E-state index in [1.54, 1.807) is 0 Å². The third-order valence-electron chi connectivity index (χ3n) is 3.68. The topological polar surface area (TPSA) is 50.4 Å². The molecule has 0 bridgehead atoms. The second-order valence-electron chi connectivity index (χ2n) is 6.67. The molecule has 0 spiro atoms. The summed E-state index contributed by atoms with van der Waals surface area (Å²) in [7, 11) is 1.44. The van der Waals surface area contributed by atoms with Crippen LogP contribution < -0.4 is 0 Å². The van der Waals surface area contributed by atoms with Gasteiger partial charge in [-0.05, 0) is 16.5 Å². The van der Waals surface area contributed by atoms with E-state index in [9.17, 15) is 13.2 Å². The lowest BCUT2D eigenvalue weighted by atomic mass is 9.87. The van der Waals surface area contributed by atoms with Gasteiger partial charge in [-0.25, -0.2) is 0 Å². The van der Waals surface area contributed by atoms with E-state index in [0.717, 1.165) is 16.5 Å². The standard InChI is InChI=1S/C17H20F3N3OS/c1-16(2,3)12-7-5-11(6-8-12)10-25-15-13(9-21-24)14(17(18,19)20)22-23(15)4/h5-9,24H,10H2,1-4H3/b21-9+. The highest BCUT2D eigenvalue weighted by atomic mass is 32.2. The Morgan fingerprint density at radius 2 is 1.80 bits per heavy atom. The summed E-state index contributed by atoms with van der Waals surface area (Å²) >= 11 is 1.22. The van der Waals surface area contributed by atoms with Crippen molar-refractivity contribution in [1.82, 2.24) is 9.78 Å². The monoisotopic (exact) mass is 371 g/mol. The van der Waals surface area contributed by atoms with E-state index >= 15 is 0 Å². The summed E-state index contributed by atoms with van der Waals surface area (Å²) < 4.78 is 40.3. The van der Waals surface area contributed by atoms with Crippen molar-refractivity contribution in [2.75, 3.05) is 0 Å². The highest BCUT2D eigenvalue weighted by Crippen LogP contribution is 2.36. The molecule has 25 heavy (non-hydrogen) atoms. The molecule has 0 saturated heterocycles. The van der Waals surface area contributed by atoms with Crippen LogP contribution in [0, 0.1) is 0 Å². The Balaban J connectivity index is 2.25. The Morgan fingerprint density at radius 1 is 1.20 bits per heavy atom. The van der Waals surface area contributed by atoms with E-state index < -0.39 is 11.9 Å². The van der Waals surface area contributed by atoms with Gasteiger partial charge in [-0.1, -0.05) is 50.2 Å². The predicted molar refractivity (Wildman–Crippen MR) is 92.3 cm³/mol. The number of halogens is 3. The molecule has 136 valence electrons. The van der Waals surface area contributed by atoms with Gasteiger partial charge in [-0.3, -0.25) is 4.68 Å². The molecule has 0 aliphatic rings. The Bertz CT molecular complexity index is 759. The van der Waals surface area contributed by atoms with Gasteiger partial charge in [0, 0.05) is 12.8 Å². The van der Waals surface area contributed by atoms with Crippen molar-refractivity contribution in [3.63, 3.8) is 0 Å². The fourth-order valence-electron chi connectivity index (χ4n) is 2.33. The van der Waals surface area contributed by atoms with Gasteiger partial charge < -0.3 is 5.21 Å². The molecule has 0 unspecified atom stereocenters. The van der Waals surface area contributed by atoms with Crippen molar-refractivity contribution in [2.45, 2.75) is 43.1 Å². The van der Waals surface area contributed by atoms with Crippen molar-refractivity contribution in [2.24, 2.45) is 12.2 Å². The molecule has 1 aromatic carbocycles. The fraction of sp³-hybridized carbons (Fsp3) is 0.412. The van der Waals surface area contributed by atoms with Crippen molar-refractivity contribution in [3.8, 4) is 0 Å². The second-order valence-corrected chi connectivity index (χ2v) is 7.63. The van der Waals surface area contributed by atoms with Gasteiger partial charge in [0.15, 0.2) is 5.69 Å². The molecule has 4 nitrogen and oxygen atoms in total. The minimum Gasteiger partial charge on any atom is -0.411 e. The van der Waals surface area contributed by atoms with Crippen LogP contribution in [0.5, 0.6) is 0 Å². The Labute approximate surface area is 148 Å². The fourth-order valence-corrected chi connectivity index (χ4v) is 3.36. The van der Waals surface area contributed by atoms with Gasteiger partial charge >= 0.3 is 6.18 Å². The Kier molecular flexibility index (Phi) is 5.51. The van der Waals surface area contributed by atoms with Crippen LogP contribution in [0.1, 0.15) is 43.2 Å². The largest absolute Gasteiger partial charge is 0.435 e. The lowest BCUT2D eigenvalue weighted by molar-refractivity contribution is -0.141. The zero-order valence-corrected chi connectivity index (χ0v) is 15.2. The first kappa shape index (κ1) is 19.4. The van der Waals surface area contributed by atoms with Crippen molar-refractivity contribution < 1.29 is 18.4 Å². The number of alkyl halides is 3. The molecule has 0 fully saturated rings. The Hall–Kier alpha value is -1.96. The van der Waals surface area contributed by atoms with E-state index in [4.69, 9.17) is 5.21 Å². The van der Waals surface area contributed by atoms with Gasteiger partial charge in [-0.15, -0.1) is 11.8 Å². The highest BCUT2D eigenvalue weighted by Gasteiger charge is 2.38. The van der Waals surface area contributed by atoms with Gasteiger partial charge in [0.2, 0.25) is 0 Å². The summed E-state index contributed by atoms with van der Waals surface area (Å²) in [4.78, 5) is 0. The molecule has 0 radical (unpaired) electrons. The van der Waals surface area contributed by atoms with E-state index in [1.165, 1.54) is 24.4 Å². The molecular formula is C17H20F3N3OS. The predicted octanol–water partition coefficient (Wildman–Crippen LogP) is 4.84. The van der Waals surface area contributed by atoms with Crippen LogP contribution in [-0.2, 0) is 24.4 Å². The minimum absolute atomic E-state index is 0.0417. The van der Waals surface area contributed by atoms with Crippen LogP contribution in [0.15, 0.2) is 34.4 Å². The van der Waals surface area contributed by atoms with Crippen LogP contribution in [0.4, 0.5) is 13.2 Å². The first-order valence-electron chi connectivity index (χ1n) is 7.58. The minimum atomic E-state index is -4.61. The lowest BCUT2D eigenvalue weighted by Gasteiger charge is -2.19. The molecule has 0 atom stereocenters. The molecule has 8 heteroatoms. The first-order valence-corrected chi connectivity index (χ1v) is 8.56. The van der Waals surface area contributed by atoms with Gasteiger partial charge in [0.25, 0.3) is 0 Å². The quantitative estimate of drug-likeness (QED) is 0.362. The molecule has 1 aromatic heterocycles. The maximum atomic E-state index is 13.1. The molecule has 1 N–H and O–H groups in total. The van der Waals surface area contributed by atoms with E-state index in [-0.39, 0.29) is 11.0 Å². The molecular weight excluding hydrogens is 351 g/mol. The van der Waals surface area contributed by atoms with Crippen LogP contribution in [0.2, 0.25) is 0 Å². The summed E-state index contributed by atoms with van der Waals surface area (Å²) in [6.07, 6.45) is -3.83. The zero-order chi connectivity index (χ0) is 18.8. The van der Waals surface area contributed by atoms with E-state index in [2.05, 4.69) is 31.0 Å². The normalized spacial score (nSPS) is 12.9. The number of hydrogen-bond acceptors (Lipinski definition) is 4. The maximum absolute atomic E-state index is 13.1. The average Bonchev–Trinajstić information content (AvgIpc) is 2.81. The van der Waals surface area contributed by atoms with Crippen LogP contribution in [0.25, 0.3) is 0 Å². The highest BCUT2D eigenvalue weighted by molar-refractivity contribution is 7.98. The Morgan fingerprint density at radius 3 is 2.28 bits per heavy atom. The third kappa shape index (κ3) is 4.56. The van der Waals surface area contributed by atoms with Crippen LogP contribution in [0.3, 0.4) is 0 Å².